The van der Waals surface area contributed by atoms with Gasteiger partial charge in [-0.3, -0.25) is 14.8 Å². The van der Waals surface area contributed by atoms with Crippen LogP contribution < -0.4 is 0 Å². The quantitative estimate of drug-likeness (QED) is 0.667. The number of cyclic esters (lactones) is 1. The highest BCUT2D eigenvalue weighted by Gasteiger charge is 2.28. The third-order valence-electron chi connectivity index (χ3n) is 6.17. The maximum atomic E-state index is 11.7. The van der Waals surface area contributed by atoms with Gasteiger partial charge in [0.05, 0.1) is 17.2 Å². The average Bonchev–Trinajstić information content (AvgIpc) is 3.16. The van der Waals surface area contributed by atoms with E-state index in [1.54, 1.807) is 18.2 Å². The van der Waals surface area contributed by atoms with Crippen LogP contribution >= 0.6 is 0 Å². The number of β-amino-alcohol motifs (C(OH)–C–C–N with tert-alkyl or cyclic N) is 1. The monoisotopic (exact) mass is 422 g/mol. The van der Waals surface area contributed by atoms with Crippen molar-refractivity contribution in [3.63, 3.8) is 0 Å². The fourth-order valence-corrected chi connectivity index (χ4v) is 4.24. The predicted octanol–water partition coefficient (Wildman–Crippen LogP) is 1.14. The molecule has 0 bridgehead atoms. The summed E-state index contributed by atoms with van der Waals surface area (Å²) < 4.78 is 5.10. The molecule has 2 aromatic rings. The van der Waals surface area contributed by atoms with Gasteiger partial charge in [0.1, 0.15) is 18.9 Å². The third kappa shape index (κ3) is 4.60. The van der Waals surface area contributed by atoms with Crippen molar-refractivity contribution in [1.82, 2.24) is 14.8 Å². The van der Waals surface area contributed by atoms with Gasteiger partial charge in [-0.2, -0.15) is 5.26 Å². The van der Waals surface area contributed by atoms with Gasteiger partial charge < -0.3 is 14.9 Å². The van der Waals surface area contributed by atoms with Crippen LogP contribution in [0.2, 0.25) is 0 Å². The first kappa shape index (κ1) is 21.4. The van der Waals surface area contributed by atoms with Crippen molar-refractivity contribution in [3.05, 3.63) is 64.0 Å². The van der Waals surface area contributed by atoms with E-state index in [4.69, 9.17) is 10.00 Å². The summed E-state index contributed by atoms with van der Waals surface area (Å²) in [5.41, 5.74) is 4.45. The lowest BCUT2D eigenvalue weighted by Gasteiger charge is -2.38. The number of piperazine rings is 1. The van der Waals surface area contributed by atoms with Gasteiger partial charge in [0.15, 0.2) is 0 Å². The van der Waals surface area contributed by atoms with Crippen LogP contribution in [0.3, 0.4) is 0 Å². The molecule has 8 nitrogen and oxygen atoms in total. The van der Waals surface area contributed by atoms with Gasteiger partial charge in [0, 0.05) is 56.6 Å². The summed E-state index contributed by atoms with van der Waals surface area (Å²) in [5.74, 6) is -0.301. The largest absolute Gasteiger partial charge is 0.457 e. The van der Waals surface area contributed by atoms with E-state index in [1.807, 2.05) is 24.0 Å². The van der Waals surface area contributed by atoms with Crippen molar-refractivity contribution in [3.8, 4) is 6.07 Å². The van der Waals surface area contributed by atoms with E-state index < -0.39 is 12.3 Å². The summed E-state index contributed by atoms with van der Waals surface area (Å²) >= 11 is 0. The molecule has 0 spiro atoms. The number of esters is 1. The Kier molecular flexibility index (Phi) is 6.30. The lowest BCUT2D eigenvalue weighted by molar-refractivity contribution is -0.0311. The average molecular weight is 422 g/mol. The van der Waals surface area contributed by atoms with Crippen LogP contribution in [0, 0.1) is 18.3 Å². The molecule has 0 saturated carbocycles. The van der Waals surface area contributed by atoms with E-state index in [1.165, 1.54) is 6.20 Å². The Hall–Kier alpha value is -2.83. The summed E-state index contributed by atoms with van der Waals surface area (Å²) in [6.07, 6.45) is 0.637. The maximum Gasteiger partial charge on any atom is 0.338 e. The van der Waals surface area contributed by atoms with Gasteiger partial charge in [-0.05, 0) is 36.2 Å². The number of ether oxygens (including phenoxy) is 1. The fraction of sp³-hybridized carbons (Fsp3) is 0.435. The molecule has 0 aliphatic carbocycles. The Morgan fingerprint density at radius 2 is 1.97 bits per heavy atom. The van der Waals surface area contributed by atoms with Crippen LogP contribution in [-0.2, 0) is 17.8 Å². The second-order valence-electron chi connectivity index (χ2n) is 8.07. The van der Waals surface area contributed by atoms with Crippen LogP contribution in [0.1, 0.15) is 44.4 Å². The van der Waals surface area contributed by atoms with Crippen LogP contribution in [0.15, 0.2) is 30.5 Å². The van der Waals surface area contributed by atoms with E-state index in [2.05, 4.69) is 9.88 Å². The van der Waals surface area contributed by atoms with E-state index >= 15 is 0 Å². The van der Waals surface area contributed by atoms with Gasteiger partial charge in [0.25, 0.3) is 0 Å². The number of pyridine rings is 1. The second-order valence-corrected chi connectivity index (χ2v) is 8.07. The van der Waals surface area contributed by atoms with Crippen molar-refractivity contribution in [1.29, 1.82) is 5.26 Å². The highest BCUT2D eigenvalue weighted by Crippen LogP contribution is 2.29. The summed E-state index contributed by atoms with van der Waals surface area (Å²) in [6.45, 7) is 5.54. The number of carbonyl (C=O) groups is 1. The molecule has 4 rings (SSSR count). The molecule has 2 aliphatic rings. The minimum atomic E-state index is -0.652. The molecule has 8 heteroatoms. The van der Waals surface area contributed by atoms with Crippen molar-refractivity contribution < 1.29 is 19.7 Å². The molecule has 1 unspecified atom stereocenters. The third-order valence-corrected chi connectivity index (χ3v) is 6.17. The van der Waals surface area contributed by atoms with Crippen molar-refractivity contribution in [2.24, 2.45) is 0 Å². The predicted molar refractivity (Wildman–Crippen MR) is 112 cm³/mol. The molecule has 162 valence electrons. The van der Waals surface area contributed by atoms with E-state index in [9.17, 15) is 15.0 Å². The Bertz CT molecular complexity index is 994. The standard InChI is InChI=1S/C23H26N4O4/c1-15-18(4-5-19-20(15)14-31-23(19)30)21(28)13-26-6-8-27(9-7-26)22(29)10-17-3-2-16(11-24)12-25-17/h2-5,12,21-22,28-29H,6-10,13-14H2,1H3/t21-,22?/m1/s1. The number of benzene rings is 1. The first-order chi connectivity index (χ1) is 15.0. The van der Waals surface area contributed by atoms with Crippen LogP contribution in [0.5, 0.6) is 0 Å². The fourth-order valence-electron chi connectivity index (χ4n) is 4.24. The number of carbonyl (C=O) groups excluding carboxylic acids is 1. The number of nitrogens with zero attached hydrogens (tertiary/aromatic N) is 4. The zero-order valence-corrected chi connectivity index (χ0v) is 17.5. The number of fused-ring (bicyclic) bond motifs is 1. The Balaban J connectivity index is 1.30. The van der Waals surface area contributed by atoms with Crippen molar-refractivity contribution >= 4 is 5.97 Å². The minimum absolute atomic E-state index is 0.269. The lowest BCUT2D eigenvalue weighted by atomic mass is 9.95. The van der Waals surface area contributed by atoms with Crippen LogP contribution in [0.25, 0.3) is 0 Å². The molecule has 1 aromatic heterocycles. The maximum absolute atomic E-state index is 11.7. The smallest absolute Gasteiger partial charge is 0.338 e. The molecule has 0 radical (unpaired) electrons. The highest BCUT2D eigenvalue weighted by molar-refractivity contribution is 5.93. The van der Waals surface area contributed by atoms with Gasteiger partial charge in [-0.25, -0.2) is 4.79 Å². The zero-order chi connectivity index (χ0) is 22.0. The molecule has 1 saturated heterocycles. The Morgan fingerprint density at radius 3 is 2.65 bits per heavy atom. The Morgan fingerprint density at radius 1 is 1.19 bits per heavy atom. The number of hydrogen-bond donors (Lipinski definition) is 2. The van der Waals surface area contributed by atoms with Crippen molar-refractivity contribution in [2.45, 2.75) is 32.3 Å². The van der Waals surface area contributed by atoms with E-state index in [0.29, 0.717) is 37.2 Å². The SMILES string of the molecule is Cc1c([C@H](O)CN2CCN(C(O)Cc3ccc(C#N)cn3)CC2)ccc2c1COC2=O. The van der Waals surface area contributed by atoms with Gasteiger partial charge in [-0.15, -0.1) is 0 Å². The summed E-state index contributed by atoms with van der Waals surface area (Å²) in [5, 5.41) is 30.2. The summed E-state index contributed by atoms with van der Waals surface area (Å²) in [4.78, 5) is 20.1. The molecular formula is C23H26N4O4. The number of rotatable bonds is 6. The van der Waals surface area contributed by atoms with Gasteiger partial charge >= 0.3 is 5.97 Å². The van der Waals surface area contributed by atoms with Crippen LogP contribution in [0.4, 0.5) is 0 Å². The first-order valence-electron chi connectivity index (χ1n) is 10.4. The molecule has 0 amide bonds. The zero-order valence-electron chi connectivity index (χ0n) is 17.5. The molecule has 3 heterocycles. The second kappa shape index (κ2) is 9.12. The number of nitriles is 1. The molecule has 31 heavy (non-hydrogen) atoms. The first-order valence-corrected chi connectivity index (χ1v) is 10.4. The van der Waals surface area contributed by atoms with Crippen LogP contribution in [-0.4, -0.2) is 69.9 Å². The van der Waals surface area contributed by atoms with Gasteiger partial charge in [-0.1, -0.05) is 6.07 Å². The topological polar surface area (TPSA) is 110 Å². The highest BCUT2D eigenvalue weighted by atomic mass is 16.5. The van der Waals surface area contributed by atoms with E-state index in [0.717, 1.165) is 35.5 Å². The summed E-state index contributed by atoms with van der Waals surface area (Å²) in [6, 6.07) is 9.07. The molecule has 1 aromatic carbocycles. The van der Waals surface area contributed by atoms with Gasteiger partial charge in [0.2, 0.25) is 0 Å². The Labute approximate surface area is 181 Å². The molecule has 1 fully saturated rings. The lowest BCUT2D eigenvalue weighted by Crippen LogP contribution is -2.51. The normalized spacial score (nSPS) is 18.8. The number of aliphatic hydroxyl groups is 2. The molecule has 2 N–H and O–H groups in total. The summed E-state index contributed by atoms with van der Waals surface area (Å²) in [7, 11) is 0. The minimum Gasteiger partial charge on any atom is -0.457 e. The number of aromatic nitrogens is 1. The number of hydrogen-bond acceptors (Lipinski definition) is 8. The molecule has 2 aliphatic heterocycles. The molecule has 2 atom stereocenters. The van der Waals surface area contributed by atoms with Crippen molar-refractivity contribution in [2.75, 3.05) is 32.7 Å². The number of aliphatic hydroxyl groups excluding tert-OH is 2. The molecular weight excluding hydrogens is 396 g/mol. The van der Waals surface area contributed by atoms with E-state index in [-0.39, 0.29) is 12.6 Å².